The van der Waals surface area contributed by atoms with Gasteiger partial charge >= 0.3 is 6.09 Å². The van der Waals surface area contributed by atoms with E-state index in [0.717, 1.165) is 5.56 Å². The summed E-state index contributed by atoms with van der Waals surface area (Å²) in [6.45, 7) is 0. The molecule has 3 N–H and O–H groups in total. The largest absolute Gasteiger partial charge is 0.443 e. The highest BCUT2D eigenvalue weighted by Crippen LogP contribution is 2.37. The maximum Gasteiger partial charge on any atom is 0.404 e. The zero-order chi connectivity index (χ0) is 11.0. The molecule has 2 rings (SSSR count). The molecule has 0 spiro atoms. The van der Waals surface area contributed by atoms with E-state index in [1.54, 1.807) is 12.1 Å². The van der Waals surface area contributed by atoms with Crippen molar-refractivity contribution in [3.8, 4) is 0 Å². The van der Waals surface area contributed by atoms with Gasteiger partial charge in [0.1, 0.15) is 12.2 Å². The number of rotatable bonds is 1. The molecule has 80 valence electrons. The number of fused-ring (bicyclic) bond motifs is 1. The number of benzene rings is 1. The highest BCUT2D eigenvalue weighted by molar-refractivity contribution is 6.31. The minimum Gasteiger partial charge on any atom is -0.443 e. The average molecular weight is 228 g/mol. The number of nitrogens with two attached hydrogens (primary N) is 1. The van der Waals surface area contributed by atoms with E-state index < -0.39 is 18.3 Å². The number of hydrogen-bond donors (Lipinski definition) is 2. The molecule has 1 aromatic rings. The second-order valence-electron chi connectivity index (χ2n) is 3.44. The molecule has 1 aromatic carbocycles. The minimum atomic E-state index is -0.888. The number of carbonyl (C=O) groups excluding carboxylic acids is 1. The lowest BCUT2D eigenvalue weighted by molar-refractivity contribution is 0.0172. The van der Waals surface area contributed by atoms with Crippen LogP contribution in [-0.4, -0.2) is 17.3 Å². The van der Waals surface area contributed by atoms with E-state index in [9.17, 15) is 9.90 Å². The van der Waals surface area contributed by atoms with Gasteiger partial charge in [0.25, 0.3) is 0 Å². The summed E-state index contributed by atoms with van der Waals surface area (Å²) in [5.74, 6) is 0. The summed E-state index contributed by atoms with van der Waals surface area (Å²) < 4.78 is 4.79. The van der Waals surface area contributed by atoms with E-state index in [-0.39, 0.29) is 0 Å². The lowest BCUT2D eigenvalue weighted by Gasteiger charge is -2.14. The molecule has 0 aliphatic heterocycles. The van der Waals surface area contributed by atoms with Crippen LogP contribution in [-0.2, 0) is 11.2 Å². The van der Waals surface area contributed by atoms with Gasteiger partial charge in [0.05, 0.1) is 0 Å². The second-order valence-corrected chi connectivity index (χ2v) is 3.84. The highest BCUT2D eigenvalue weighted by Gasteiger charge is 2.34. The predicted octanol–water partition coefficient (Wildman–Crippen LogP) is 1.39. The molecule has 1 aliphatic carbocycles. The van der Waals surface area contributed by atoms with Crippen molar-refractivity contribution < 1.29 is 14.6 Å². The van der Waals surface area contributed by atoms with Crippen molar-refractivity contribution in [1.82, 2.24) is 0 Å². The summed E-state index contributed by atoms with van der Waals surface area (Å²) in [7, 11) is 0. The molecule has 0 saturated heterocycles. The number of primary amides is 1. The Kier molecular flexibility index (Phi) is 2.54. The van der Waals surface area contributed by atoms with Crippen LogP contribution in [0.15, 0.2) is 18.2 Å². The summed E-state index contributed by atoms with van der Waals surface area (Å²) in [6.07, 6.45) is -1.96. The Morgan fingerprint density at radius 1 is 1.60 bits per heavy atom. The Labute approximate surface area is 91.6 Å². The Balaban J connectivity index is 2.29. The molecule has 2 atom stereocenters. The zero-order valence-corrected chi connectivity index (χ0v) is 8.57. The SMILES string of the molecule is NC(=O)O[C@@H]1Cc2cccc(Cl)c2[C@H]1O. The van der Waals surface area contributed by atoms with E-state index >= 15 is 0 Å². The van der Waals surface area contributed by atoms with Crippen LogP contribution >= 0.6 is 11.6 Å². The molecule has 0 aromatic heterocycles. The lowest BCUT2D eigenvalue weighted by atomic mass is 10.1. The molecule has 0 fully saturated rings. The summed E-state index contributed by atoms with van der Waals surface area (Å²) in [5, 5.41) is 10.3. The fourth-order valence-electron chi connectivity index (χ4n) is 1.86. The van der Waals surface area contributed by atoms with E-state index in [1.165, 1.54) is 0 Å². The number of aliphatic hydroxyl groups is 1. The fourth-order valence-corrected chi connectivity index (χ4v) is 2.17. The third kappa shape index (κ3) is 1.78. The Hall–Kier alpha value is -1.26. The summed E-state index contributed by atoms with van der Waals surface area (Å²) >= 11 is 5.93. The molecule has 1 aliphatic rings. The maximum atomic E-state index is 10.6. The molecule has 1 amide bonds. The molecular weight excluding hydrogens is 218 g/mol. The van der Waals surface area contributed by atoms with E-state index in [4.69, 9.17) is 22.1 Å². The molecular formula is C10H10ClNO3. The van der Waals surface area contributed by atoms with E-state index in [2.05, 4.69) is 0 Å². The van der Waals surface area contributed by atoms with Crippen LogP contribution < -0.4 is 5.73 Å². The normalized spacial score (nSPS) is 23.6. The number of hydrogen-bond acceptors (Lipinski definition) is 3. The van der Waals surface area contributed by atoms with Crippen molar-refractivity contribution in [3.63, 3.8) is 0 Å². The number of halogens is 1. The number of carbonyl (C=O) groups is 1. The molecule has 0 unspecified atom stereocenters. The summed E-state index contributed by atoms with van der Waals surface area (Å²) in [5.41, 5.74) is 6.42. The van der Waals surface area contributed by atoms with Crippen LogP contribution in [0.3, 0.4) is 0 Å². The quantitative estimate of drug-likeness (QED) is 0.762. The number of amides is 1. The first kappa shape index (κ1) is 10.3. The summed E-state index contributed by atoms with van der Waals surface area (Å²) in [4.78, 5) is 10.6. The topological polar surface area (TPSA) is 72.6 Å². The molecule has 5 heteroatoms. The van der Waals surface area contributed by atoms with Crippen molar-refractivity contribution in [3.05, 3.63) is 34.3 Å². The highest BCUT2D eigenvalue weighted by atomic mass is 35.5. The average Bonchev–Trinajstić information content (AvgIpc) is 2.44. The third-order valence-electron chi connectivity index (χ3n) is 2.48. The first-order chi connectivity index (χ1) is 7.09. The van der Waals surface area contributed by atoms with Crippen molar-refractivity contribution in [2.75, 3.05) is 0 Å². The number of aliphatic hydroxyl groups excluding tert-OH is 1. The van der Waals surface area contributed by atoms with Crippen molar-refractivity contribution in [2.24, 2.45) is 5.73 Å². The van der Waals surface area contributed by atoms with Crippen molar-refractivity contribution in [2.45, 2.75) is 18.6 Å². The van der Waals surface area contributed by atoms with Gasteiger partial charge in [0, 0.05) is 17.0 Å². The molecule has 4 nitrogen and oxygen atoms in total. The van der Waals surface area contributed by atoms with Gasteiger partial charge in [-0.1, -0.05) is 23.7 Å². The van der Waals surface area contributed by atoms with Crippen LogP contribution in [0.5, 0.6) is 0 Å². The van der Waals surface area contributed by atoms with Gasteiger partial charge in [0.2, 0.25) is 0 Å². The van der Waals surface area contributed by atoms with Crippen molar-refractivity contribution in [1.29, 1.82) is 0 Å². The number of ether oxygens (including phenoxy) is 1. The predicted molar refractivity (Wildman–Crippen MR) is 54.6 cm³/mol. The maximum absolute atomic E-state index is 10.6. The first-order valence-corrected chi connectivity index (χ1v) is 4.89. The van der Waals surface area contributed by atoms with Gasteiger partial charge in [-0.3, -0.25) is 0 Å². The van der Waals surface area contributed by atoms with Gasteiger partial charge < -0.3 is 15.6 Å². The van der Waals surface area contributed by atoms with Gasteiger partial charge in [-0.15, -0.1) is 0 Å². The summed E-state index contributed by atoms with van der Waals surface area (Å²) in [6, 6.07) is 5.32. The molecule has 0 heterocycles. The second kappa shape index (κ2) is 3.72. The molecule has 0 bridgehead atoms. The van der Waals surface area contributed by atoms with E-state index in [0.29, 0.717) is 17.0 Å². The lowest BCUT2D eigenvalue weighted by Crippen LogP contribution is -2.26. The molecule has 0 radical (unpaired) electrons. The van der Waals surface area contributed by atoms with E-state index in [1.807, 2.05) is 6.07 Å². The van der Waals surface area contributed by atoms with Crippen LogP contribution in [0.4, 0.5) is 4.79 Å². The minimum absolute atomic E-state index is 0.444. The molecule has 15 heavy (non-hydrogen) atoms. The van der Waals surface area contributed by atoms with Gasteiger partial charge in [-0.05, 0) is 11.6 Å². The van der Waals surface area contributed by atoms with Crippen LogP contribution in [0.2, 0.25) is 5.02 Å². The standard InChI is InChI=1S/C10H10ClNO3/c11-6-3-1-2-5-4-7(15-10(12)14)9(13)8(5)6/h1-3,7,9,13H,4H2,(H2,12,14)/t7-,9+/m1/s1. The smallest absolute Gasteiger partial charge is 0.404 e. The van der Waals surface area contributed by atoms with Gasteiger partial charge in [0.15, 0.2) is 0 Å². The van der Waals surface area contributed by atoms with Gasteiger partial charge in [-0.2, -0.15) is 0 Å². The van der Waals surface area contributed by atoms with Gasteiger partial charge in [-0.25, -0.2) is 4.79 Å². The van der Waals surface area contributed by atoms with Crippen LogP contribution in [0.1, 0.15) is 17.2 Å². The zero-order valence-electron chi connectivity index (χ0n) is 7.81. The van der Waals surface area contributed by atoms with Crippen LogP contribution in [0, 0.1) is 0 Å². The fraction of sp³-hybridized carbons (Fsp3) is 0.300. The first-order valence-electron chi connectivity index (χ1n) is 4.51. The third-order valence-corrected chi connectivity index (χ3v) is 2.81. The Morgan fingerprint density at radius 2 is 2.33 bits per heavy atom. The van der Waals surface area contributed by atoms with Crippen LogP contribution in [0.25, 0.3) is 0 Å². The monoisotopic (exact) mass is 227 g/mol. The van der Waals surface area contributed by atoms with Crippen molar-refractivity contribution >= 4 is 17.7 Å². The Morgan fingerprint density at radius 3 is 2.93 bits per heavy atom. The Bertz CT molecular complexity index is 408. The molecule has 0 saturated carbocycles.